The minimum absolute atomic E-state index is 0. The molecular weight excluding hydrogens is 444 g/mol. The van der Waals surface area contributed by atoms with Crippen molar-refractivity contribution in [2.75, 3.05) is 25.0 Å². The lowest BCUT2D eigenvalue weighted by Crippen LogP contribution is -2.47. The third kappa shape index (κ3) is 6.23. The van der Waals surface area contributed by atoms with Crippen LogP contribution in [0.15, 0.2) is 30.7 Å². The second-order valence-corrected chi connectivity index (χ2v) is 6.84. The highest BCUT2D eigenvalue weighted by Gasteiger charge is 2.31. The first-order valence-electron chi connectivity index (χ1n) is 9.02. The molecule has 1 aliphatic rings. The van der Waals surface area contributed by atoms with Gasteiger partial charge in [-0.05, 0) is 32.0 Å². The number of nitrogens with zero attached hydrogens (tertiary/aromatic N) is 4. The van der Waals surface area contributed by atoms with Crippen LogP contribution < -0.4 is 15.5 Å². The highest BCUT2D eigenvalue weighted by atomic mass is 35.5. The first-order valence-corrected chi connectivity index (χ1v) is 9.02. The summed E-state index contributed by atoms with van der Waals surface area (Å²) in [5, 5.41) is 10.1. The van der Waals surface area contributed by atoms with Crippen LogP contribution in [0.2, 0.25) is 0 Å². The summed E-state index contributed by atoms with van der Waals surface area (Å²) in [4.78, 5) is 18.5. The van der Waals surface area contributed by atoms with Gasteiger partial charge in [-0.1, -0.05) is 0 Å². The number of hydrogen-bond donors (Lipinski definition) is 2. The monoisotopic (exact) mass is 468 g/mol. The number of anilines is 1. The van der Waals surface area contributed by atoms with Crippen molar-refractivity contribution in [3.63, 3.8) is 0 Å². The zero-order valence-corrected chi connectivity index (χ0v) is 18.2. The third-order valence-corrected chi connectivity index (χ3v) is 4.85. The van der Waals surface area contributed by atoms with Gasteiger partial charge < -0.3 is 15.5 Å². The number of halogens is 5. The molecular formula is C18H25Cl2F3N6O. The summed E-state index contributed by atoms with van der Waals surface area (Å²) >= 11 is 0. The van der Waals surface area contributed by atoms with Crippen LogP contribution in [0, 0.1) is 0 Å². The van der Waals surface area contributed by atoms with Crippen molar-refractivity contribution in [1.82, 2.24) is 25.4 Å². The van der Waals surface area contributed by atoms with E-state index in [0.29, 0.717) is 31.7 Å². The van der Waals surface area contributed by atoms with Crippen LogP contribution in [-0.2, 0) is 18.0 Å². The van der Waals surface area contributed by atoms with E-state index < -0.39 is 17.8 Å². The molecule has 2 aromatic heterocycles. The number of alkyl halides is 3. The molecule has 1 aliphatic heterocycles. The van der Waals surface area contributed by atoms with E-state index in [1.54, 1.807) is 31.2 Å². The van der Waals surface area contributed by atoms with Crippen LogP contribution in [0.4, 0.5) is 19.0 Å². The van der Waals surface area contributed by atoms with Gasteiger partial charge in [-0.2, -0.15) is 18.3 Å². The maximum atomic E-state index is 12.6. The minimum atomic E-state index is -4.39. The van der Waals surface area contributed by atoms with Gasteiger partial charge in [-0.25, -0.2) is 4.98 Å². The zero-order valence-electron chi connectivity index (χ0n) is 16.5. The molecule has 1 fully saturated rings. The normalized spacial score (nSPS) is 15.7. The van der Waals surface area contributed by atoms with Crippen LogP contribution in [0.3, 0.4) is 0 Å². The molecule has 12 heteroatoms. The van der Waals surface area contributed by atoms with E-state index in [1.807, 2.05) is 4.90 Å². The Kier molecular flexibility index (Phi) is 9.38. The molecule has 7 nitrogen and oxygen atoms in total. The molecule has 30 heavy (non-hydrogen) atoms. The summed E-state index contributed by atoms with van der Waals surface area (Å²) in [6.07, 6.45) is 1.30. The van der Waals surface area contributed by atoms with E-state index in [2.05, 4.69) is 20.7 Å². The lowest BCUT2D eigenvalue weighted by atomic mass is 10.0. The third-order valence-electron chi connectivity index (χ3n) is 4.85. The lowest BCUT2D eigenvalue weighted by molar-refractivity contribution is -0.137. The van der Waals surface area contributed by atoms with E-state index >= 15 is 0 Å². The number of amides is 1. The van der Waals surface area contributed by atoms with Crippen molar-refractivity contribution in [1.29, 1.82) is 0 Å². The fourth-order valence-electron chi connectivity index (χ4n) is 3.32. The Hall–Kier alpha value is -2.04. The van der Waals surface area contributed by atoms with Crippen molar-refractivity contribution in [3.05, 3.63) is 41.9 Å². The SMILES string of the molecule is CNC(C(=O)NC1CCN(c2ccc(C(F)(F)F)cn2)CC1)c1cnn(C)c1.Cl.Cl. The van der Waals surface area contributed by atoms with Crippen LogP contribution in [0.25, 0.3) is 0 Å². The van der Waals surface area contributed by atoms with E-state index in [9.17, 15) is 18.0 Å². The minimum Gasteiger partial charge on any atom is -0.356 e. The number of piperidine rings is 1. The Balaban J connectivity index is 0.00000225. The van der Waals surface area contributed by atoms with Crippen molar-refractivity contribution in [2.45, 2.75) is 31.1 Å². The Morgan fingerprint density at radius 1 is 1.20 bits per heavy atom. The fraction of sp³-hybridized carbons (Fsp3) is 0.500. The lowest BCUT2D eigenvalue weighted by Gasteiger charge is -2.33. The number of aromatic nitrogens is 3. The van der Waals surface area contributed by atoms with Crippen LogP contribution in [-0.4, -0.2) is 46.9 Å². The number of likely N-dealkylation sites (N-methyl/N-ethyl adjacent to an activating group) is 1. The van der Waals surface area contributed by atoms with Crippen LogP contribution in [0.1, 0.15) is 30.0 Å². The summed E-state index contributed by atoms with van der Waals surface area (Å²) in [7, 11) is 3.51. The largest absolute Gasteiger partial charge is 0.417 e. The molecule has 3 rings (SSSR count). The molecule has 1 amide bonds. The number of aryl methyl sites for hydroxylation is 1. The smallest absolute Gasteiger partial charge is 0.356 e. The number of carbonyl (C=O) groups excluding carboxylic acids is 1. The Morgan fingerprint density at radius 2 is 1.87 bits per heavy atom. The van der Waals surface area contributed by atoms with Crippen LogP contribution in [0.5, 0.6) is 0 Å². The molecule has 0 saturated carbocycles. The average molecular weight is 469 g/mol. The van der Waals surface area contributed by atoms with Gasteiger partial charge in [-0.3, -0.25) is 9.48 Å². The van der Waals surface area contributed by atoms with Crippen molar-refractivity contribution in [3.8, 4) is 0 Å². The average Bonchev–Trinajstić information content (AvgIpc) is 3.08. The van der Waals surface area contributed by atoms with Crippen LogP contribution >= 0.6 is 24.8 Å². The maximum absolute atomic E-state index is 12.6. The van der Waals surface area contributed by atoms with Gasteiger partial charge in [0, 0.05) is 44.1 Å². The standard InChI is InChI=1S/C18H23F3N6O.2ClH/c1-22-16(12-9-24-26(2)11-12)17(28)25-14-5-7-27(8-6-14)15-4-3-13(10-23-15)18(19,20)21;;/h3-4,9-11,14,16,22H,5-8H2,1-2H3,(H,25,28);2*1H. The summed E-state index contributed by atoms with van der Waals surface area (Å²) in [6, 6.07) is 1.96. The molecule has 0 aliphatic carbocycles. The maximum Gasteiger partial charge on any atom is 0.417 e. The summed E-state index contributed by atoms with van der Waals surface area (Å²) in [5.41, 5.74) is 0.0285. The second kappa shape index (κ2) is 10.8. The fourth-order valence-corrected chi connectivity index (χ4v) is 3.32. The number of carbonyl (C=O) groups is 1. The molecule has 0 bridgehead atoms. The second-order valence-electron chi connectivity index (χ2n) is 6.84. The van der Waals surface area contributed by atoms with Gasteiger partial charge in [-0.15, -0.1) is 24.8 Å². The number of nitrogens with one attached hydrogen (secondary N) is 2. The predicted octanol–water partition coefficient (Wildman–Crippen LogP) is 2.72. The van der Waals surface area contributed by atoms with E-state index in [-0.39, 0.29) is 36.8 Å². The van der Waals surface area contributed by atoms with Crippen molar-refractivity contribution < 1.29 is 18.0 Å². The summed E-state index contributed by atoms with van der Waals surface area (Å²) in [6.45, 7) is 1.22. The molecule has 0 aromatic carbocycles. The van der Waals surface area contributed by atoms with Gasteiger partial charge in [0.2, 0.25) is 5.91 Å². The highest BCUT2D eigenvalue weighted by molar-refractivity contribution is 5.85. The Morgan fingerprint density at radius 3 is 2.33 bits per heavy atom. The number of pyridine rings is 1. The van der Waals surface area contributed by atoms with E-state index in [1.165, 1.54) is 6.07 Å². The molecule has 1 unspecified atom stereocenters. The predicted molar refractivity (Wildman–Crippen MR) is 112 cm³/mol. The topological polar surface area (TPSA) is 75.1 Å². The Bertz CT molecular complexity index is 807. The highest BCUT2D eigenvalue weighted by Crippen LogP contribution is 2.29. The molecule has 0 spiro atoms. The van der Waals surface area contributed by atoms with E-state index in [4.69, 9.17) is 0 Å². The van der Waals surface area contributed by atoms with Gasteiger partial charge in [0.15, 0.2) is 0 Å². The van der Waals surface area contributed by atoms with E-state index in [0.717, 1.165) is 17.8 Å². The molecule has 2 aromatic rings. The summed E-state index contributed by atoms with van der Waals surface area (Å²) in [5.74, 6) is 0.392. The molecule has 1 atom stereocenters. The molecule has 0 radical (unpaired) electrons. The quantitative estimate of drug-likeness (QED) is 0.705. The van der Waals surface area contributed by atoms with Crippen molar-refractivity contribution in [2.24, 2.45) is 7.05 Å². The van der Waals surface area contributed by atoms with Gasteiger partial charge in [0.1, 0.15) is 11.9 Å². The molecule has 1 saturated heterocycles. The van der Waals surface area contributed by atoms with Gasteiger partial charge in [0.05, 0.1) is 11.8 Å². The number of rotatable bonds is 5. The summed E-state index contributed by atoms with van der Waals surface area (Å²) < 4.78 is 39.6. The Labute approximate surface area is 185 Å². The van der Waals surface area contributed by atoms with Crippen molar-refractivity contribution >= 4 is 36.5 Å². The molecule has 3 heterocycles. The molecule has 2 N–H and O–H groups in total. The number of hydrogen-bond acceptors (Lipinski definition) is 5. The zero-order chi connectivity index (χ0) is 20.3. The van der Waals surface area contributed by atoms with Gasteiger partial charge in [0.25, 0.3) is 0 Å². The molecule has 168 valence electrons. The first kappa shape index (κ1) is 26.0. The first-order chi connectivity index (χ1) is 13.3. The van der Waals surface area contributed by atoms with Gasteiger partial charge >= 0.3 is 6.18 Å².